The Hall–Kier alpha value is -0.780. The average Bonchev–Trinajstić information content (AvgIpc) is 2.76. The second-order valence-corrected chi connectivity index (χ2v) is 5.39. The van der Waals surface area contributed by atoms with E-state index in [4.69, 9.17) is 10.5 Å². The Morgan fingerprint density at radius 1 is 1.50 bits per heavy atom. The Morgan fingerprint density at radius 2 is 2.38 bits per heavy atom. The number of ether oxygens (including phenoxy) is 1. The van der Waals surface area contributed by atoms with Crippen LogP contribution in [0.4, 0.5) is 5.69 Å². The first-order valence-electron chi connectivity index (χ1n) is 5.06. The van der Waals surface area contributed by atoms with E-state index in [1.54, 1.807) is 30.2 Å². The van der Waals surface area contributed by atoms with E-state index in [0.29, 0.717) is 0 Å². The molecule has 0 atom stereocenters. The first-order valence-corrected chi connectivity index (χ1v) is 6.93. The quantitative estimate of drug-likeness (QED) is 0.506. The number of fused-ring (bicyclic) bond motifs is 1. The van der Waals surface area contributed by atoms with Gasteiger partial charge in [0, 0.05) is 24.4 Å². The monoisotopic (exact) mass is 254 g/mol. The maximum Gasteiger partial charge on any atom is 0.105 e. The minimum Gasteiger partial charge on any atom is -0.396 e. The minimum atomic E-state index is 0.797. The predicted octanol–water partition coefficient (Wildman–Crippen LogP) is 3.01. The van der Waals surface area contributed by atoms with E-state index >= 15 is 0 Å². The zero-order valence-corrected chi connectivity index (χ0v) is 10.7. The molecule has 1 heterocycles. The molecule has 0 saturated heterocycles. The number of hydrogen-bond acceptors (Lipinski definition) is 5. The van der Waals surface area contributed by atoms with Gasteiger partial charge in [-0.15, -0.1) is 23.1 Å². The van der Waals surface area contributed by atoms with Crippen molar-refractivity contribution in [2.24, 2.45) is 0 Å². The van der Waals surface area contributed by atoms with Crippen LogP contribution in [0.5, 0.6) is 0 Å². The van der Waals surface area contributed by atoms with Crippen molar-refractivity contribution in [1.29, 1.82) is 0 Å². The first kappa shape index (κ1) is 11.7. The molecule has 5 heteroatoms. The second-order valence-electron chi connectivity index (χ2n) is 3.37. The number of thiazole rings is 1. The Kier molecular flexibility index (Phi) is 4.04. The second kappa shape index (κ2) is 5.52. The van der Waals surface area contributed by atoms with Gasteiger partial charge < -0.3 is 10.5 Å². The molecule has 1 aromatic carbocycles. The van der Waals surface area contributed by atoms with Crippen LogP contribution in [-0.2, 0) is 4.74 Å². The molecule has 0 unspecified atom stereocenters. The van der Waals surface area contributed by atoms with Crippen LogP contribution in [0.2, 0.25) is 0 Å². The van der Waals surface area contributed by atoms with Crippen LogP contribution in [0.25, 0.3) is 10.2 Å². The molecule has 0 aliphatic rings. The van der Waals surface area contributed by atoms with Crippen molar-refractivity contribution in [2.75, 3.05) is 25.2 Å². The van der Waals surface area contributed by atoms with E-state index in [-0.39, 0.29) is 0 Å². The number of benzene rings is 1. The number of nitrogens with two attached hydrogens (primary N) is 1. The third-order valence-corrected chi connectivity index (χ3v) is 4.21. The third kappa shape index (κ3) is 2.48. The lowest BCUT2D eigenvalue weighted by Gasteiger charge is -2.05. The summed E-state index contributed by atoms with van der Waals surface area (Å²) in [4.78, 5) is 5.40. The van der Waals surface area contributed by atoms with E-state index in [9.17, 15) is 0 Å². The van der Waals surface area contributed by atoms with Crippen molar-refractivity contribution in [2.45, 2.75) is 11.3 Å². The molecule has 3 nitrogen and oxygen atoms in total. The molecule has 1 aromatic heterocycles. The van der Waals surface area contributed by atoms with Crippen LogP contribution in [0.3, 0.4) is 0 Å². The lowest BCUT2D eigenvalue weighted by molar-refractivity contribution is 0.200. The van der Waals surface area contributed by atoms with Gasteiger partial charge in [-0.2, -0.15) is 0 Å². The number of nitrogen functional groups attached to an aromatic ring is 1. The average molecular weight is 254 g/mol. The maximum atomic E-state index is 6.07. The highest BCUT2D eigenvalue weighted by Crippen LogP contribution is 2.32. The summed E-state index contributed by atoms with van der Waals surface area (Å²) >= 11 is 3.39. The molecule has 2 N–H and O–H groups in total. The lowest BCUT2D eigenvalue weighted by Crippen LogP contribution is -1.93. The fourth-order valence-electron chi connectivity index (χ4n) is 1.44. The van der Waals surface area contributed by atoms with Crippen LogP contribution < -0.4 is 5.73 Å². The number of rotatable bonds is 5. The molecule has 0 amide bonds. The van der Waals surface area contributed by atoms with Gasteiger partial charge in [0.05, 0.1) is 15.9 Å². The summed E-state index contributed by atoms with van der Waals surface area (Å²) in [7, 11) is 1.72. The topological polar surface area (TPSA) is 48.1 Å². The fourth-order valence-corrected chi connectivity index (χ4v) is 3.04. The van der Waals surface area contributed by atoms with Gasteiger partial charge in [0.1, 0.15) is 5.52 Å². The Bertz CT molecular complexity index is 470. The van der Waals surface area contributed by atoms with Crippen molar-refractivity contribution in [3.05, 3.63) is 17.6 Å². The van der Waals surface area contributed by atoms with E-state index in [2.05, 4.69) is 17.1 Å². The van der Waals surface area contributed by atoms with Crippen molar-refractivity contribution in [3.63, 3.8) is 0 Å². The molecule has 0 aliphatic carbocycles. The first-order chi connectivity index (χ1) is 7.83. The molecule has 0 fully saturated rings. The normalized spacial score (nSPS) is 11.1. The van der Waals surface area contributed by atoms with Crippen LogP contribution in [-0.4, -0.2) is 24.5 Å². The van der Waals surface area contributed by atoms with Gasteiger partial charge in [0.25, 0.3) is 0 Å². The highest BCUT2D eigenvalue weighted by Gasteiger charge is 2.06. The molecule has 0 saturated carbocycles. The third-order valence-electron chi connectivity index (χ3n) is 2.25. The number of aromatic nitrogens is 1. The SMILES string of the molecule is COCCCSc1ccc2scnc2c1N. The molecule has 0 radical (unpaired) electrons. The Morgan fingerprint density at radius 3 is 3.19 bits per heavy atom. The number of anilines is 1. The summed E-state index contributed by atoms with van der Waals surface area (Å²) in [6.07, 6.45) is 1.04. The Balaban J connectivity index is 2.09. The smallest absolute Gasteiger partial charge is 0.105 e. The van der Waals surface area contributed by atoms with Crippen LogP contribution >= 0.6 is 23.1 Å². The van der Waals surface area contributed by atoms with Gasteiger partial charge in [-0.3, -0.25) is 0 Å². The van der Waals surface area contributed by atoms with Crippen LogP contribution in [0, 0.1) is 0 Å². The van der Waals surface area contributed by atoms with Crippen molar-refractivity contribution in [1.82, 2.24) is 4.98 Å². The molecular weight excluding hydrogens is 240 g/mol. The van der Waals surface area contributed by atoms with Gasteiger partial charge in [0.2, 0.25) is 0 Å². The van der Waals surface area contributed by atoms with Crippen molar-refractivity contribution < 1.29 is 4.74 Å². The standard InChI is InChI=1S/C11H14N2OS2/c1-14-5-2-6-15-8-3-4-9-11(10(8)12)13-7-16-9/h3-4,7H,2,5-6,12H2,1H3. The van der Waals surface area contributed by atoms with Gasteiger partial charge >= 0.3 is 0 Å². The molecular formula is C11H14N2OS2. The summed E-state index contributed by atoms with van der Waals surface area (Å²) < 4.78 is 6.16. The molecule has 0 spiro atoms. The highest BCUT2D eigenvalue weighted by atomic mass is 32.2. The molecule has 0 aliphatic heterocycles. The molecule has 16 heavy (non-hydrogen) atoms. The fraction of sp³-hybridized carbons (Fsp3) is 0.364. The van der Waals surface area contributed by atoms with E-state index < -0.39 is 0 Å². The maximum absolute atomic E-state index is 6.07. The molecule has 0 bridgehead atoms. The van der Waals surface area contributed by atoms with Crippen molar-refractivity contribution >= 4 is 39.0 Å². The van der Waals surface area contributed by atoms with Gasteiger partial charge in [-0.1, -0.05) is 0 Å². The molecule has 2 rings (SSSR count). The zero-order chi connectivity index (χ0) is 11.4. The van der Waals surface area contributed by atoms with E-state index in [1.165, 1.54) is 0 Å². The summed E-state index contributed by atoms with van der Waals surface area (Å²) in [5, 5.41) is 0. The van der Waals surface area contributed by atoms with Crippen LogP contribution in [0.15, 0.2) is 22.5 Å². The zero-order valence-electron chi connectivity index (χ0n) is 9.10. The number of methoxy groups -OCH3 is 1. The van der Waals surface area contributed by atoms with Gasteiger partial charge in [-0.25, -0.2) is 4.98 Å². The van der Waals surface area contributed by atoms with Crippen molar-refractivity contribution in [3.8, 4) is 0 Å². The summed E-state index contributed by atoms with van der Waals surface area (Å²) in [5.41, 5.74) is 9.64. The minimum absolute atomic E-state index is 0.797. The summed E-state index contributed by atoms with van der Waals surface area (Å²) in [5.74, 6) is 1.02. The largest absolute Gasteiger partial charge is 0.396 e. The van der Waals surface area contributed by atoms with Crippen LogP contribution in [0.1, 0.15) is 6.42 Å². The van der Waals surface area contributed by atoms with E-state index in [1.807, 2.05) is 5.51 Å². The number of thioether (sulfide) groups is 1. The lowest BCUT2D eigenvalue weighted by atomic mass is 10.3. The van der Waals surface area contributed by atoms with E-state index in [0.717, 1.165) is 39.6 Å². The summed E-state index contributed by atoms with van der Waals surface area (Å²) in [6.45, 7) is 0.797. The van der Waals surface area contributed by atoms with Gasteiger partial charge in [0.15, 0.2) is 0 Å². The Labute approximate surface area is 103 Å². The number of nitrogens with zero attached hydrogens (tertiary/aromatic N) is 1. The summed E-state index contributed by atoms with van der Waals surface area (Å²) in [6, 6.07) is 4.16. The molecule has 86 valence electrons. The number of hydrogen-bond donors (Lipinski definition) is 1. The molecule has 2 aromatic rings. The van der Waals surface area contributed by atoms with Gasteiger partial charge in [-0.05, 0) is 18.6 Å². The highest BCUT2D eigenvalue weighted by molar-refractivity contribution is 7.99. The predicted molar refractivity (Wildman–Crippen MR) is 71.2 cm³/mol.